The van der Waals surface area contributed by atoms with Crippen molar-refractivity contribution >= 4 is 65.4 Å². The molecule has 3 nitrogen and oxygen atoms in total. The van der Waals surface area contributed by atoms with Crippen LogP contribution in [0, 0.1) is 0 Å². The van der Waals surface area contributed by atoms with Crippen molar-refractivity contribution < 1.29 is 0 Å². The Morgan fingerprint density at radius 3 is 1.59 bits per heavy atom. The fraction of sp³-hybridized carbons (Fsp3) is 0.0667. The second-order valence-corrected chi connectivity index (χ2v) is 17.2. The molecule has 0 amide bonds. The second-order valence-electron chi connectivity index (χ2n) is 17.2. The fourth-order valence-electron chi connectivity index (χ4n) is 10.8. The van der Waals surface area contributed by atoms with Gasteiger partial charge >= 0.3 is 0 Å². The summed E-state index contributed by atoms with van der Waals surface area (Å²) in [6.45, 7) is 0. The highest BCUT2D eigenvalue weighted by Crippen LogP contribution is 2.43. The van der Waals surface area contributed by atoms with Gasteiger partial charge in [-0.15, -0.1) is 0 Å². The van der Waals surface area contributed by atoms with Crippen LogP contribution in [-0.4, -0.2) is 13.7 Å². The van der Waals surface area contributed by atoms with Crippen molar-refractivity contribution in [1.29, 1.82) is 0 Å². The minimum absolute atomic E-state index is 0.456. The summed E-state index contributed by atoms with van der Waals surface area (Å²) < 4.78 is 7.48. The Bertz CT molecular complexity index is 3730. The third-order valence-corrected chi connectivity index (χ3v) is 13.6. The molecule has 0 saturated carbocycles. The van der Waals surface area contributed by atoms with E-state index in [-0.39, 0.29) is 0 Å². The van der Waals surface area contributed by atoms with E-state index in [0.717, 1.165) is 17.1 Å². The van der Waals surface area contributed by atoms with E-state index in [1.165, 1.54) is 112 Å². The molecule has 1 aliphatic carbocycles. The maximum absolute atomic E-state index is 2.53. The first-order chi connectivity index (χ1) is 31.3. The van der Waals surface area contributed by atoms with Crippen molar-refractivity contribution in [1.82, 2.24) is 13.7 Å². The minimum atomic E-state index is 0.456. The number of allylic oxidation sites excluding steroid dienone is 2. The van der Waals surface area contributed by atoms with Gasteiger partial charge < -0.3 is 13.7 Å². The lowest BCUT2D eigenvalue weighted by Crippen LogP contribution is -2.02. The van der Waals surface area contributed by atoms with E-state index in [1.807, 2.05) is 0 Å². The zero-order valence-electron chi connectivity index (χ0n) is 34.8. The summed E-state index contributed by atoms with van der Waals surface area (Å²) in [4.78, 5) is 0. The molecular formula is C60H43N3. The normalized spacial score (nSPS) is 14.3. The van der Waals surface area contributed by atoms with Crippen LogP contribution in [0.2, 0.25) is 0 Å². The molecule has 13 rings (SSSR count). The average molecular weight is 806 g/mol. The Morgan fingerprint density at radius 1 is 0.349 bits per heavy atom. The summed E-state index contributed by atoms with van der Waals surface area (Å²) in [6.07, 6.45) is 8.38. The number of rotatable bonds is 6. The van der Waals surface area contributed by atoms with Crippen LogP contribution < -0.4 is 0 Å². The van der Waals surface area contributed by atoms with Crippen LogP contribution in [-0.2, 0) is 0 Å². The number of hydrogen-bond donors (Lipinski definition) is 0. The van der Waals surface area contributed by atoms with Crippen LogP contribution in [0.25, 0.3) is 105 Å². The Balaban J connectivity index is 1.10. The summed E-state index contributed by atoms with van der Waals surface area (Å²) >= 11 is 0. The summed E-state index contributed by atoms with van der Waals surface area (Å²) in [5, 5.41) is 7.46. The SMILES string of the molecule is C1=CC(c2cccc(-c3cc(-c4ccccc4)cc(-n4c5ccccc5c5cccc(-n6c7ccccc7c7ccc(-n8c9ccccc9c9ccccc98)cc76)c54)c3)c2)CCC1. The number of nitrogens with zero attached hydrogens (tertiary/aromatic N) is 3. The Labute approximate surface area is 366 Å². The lowest BCUT2D eigenvalue weighted by molar-refractivity contribution is 0.654. The number of para-hydroxylation sites is 5. The van der Waals surface area contributed by atoms with Crippen molar-refractivity contribution in [3.05, 3.63) is 224 Å². The molecule has 3 aromatic heterocycles. The molecule has 0 N–H and O–H groups in total. The molecule has 0 bridgehead atoms. The monoisotopic (exact) mass is 805 g/mol. The van der Waals surface area contributed by atoms with Crippen molar-refractivity contribution in [3.8, 4) is 39.3 Å². The van der Waals surface area contributed by atoms with Crippen molar-refractivity contribution in [2.75, 3.05) is 0 Å². The molecule has 0 aliphatic heterocycles. The Hall–Kier alpha value is -7.88. The quantitative estimate of drug-likeness (QED) is 0.149. The van der Waals surface area contributed by atoms with Crippen LogP contribution >= 0.6 is 0 Å². The van der Waals surface area contributed by atoms with Gasteiger partial charge in [-0.2, -0.15) is 0 Å². The number of hydrogen-bond acceptors (Lipinski definition) is 0. The summed E-state index contributed by atoms with van der Waals surface area (Å²) in [5.41, 5.74) is 16.8. The third kappa shape index (κ3) is 5.66. The van der Waals surface area contributed by atoms with Crippen LogP contribution in [0.3, 0.4) is 0 Å². The molecule has 0 saturated heterocycles. The molecule has 3 heterocycles. The molecule has 12 aromatic rings. The van der Waals surface area contributed by atoms with Gasteiger partial charge in [0.15, 0.2) is 0 Å². The maximum Gasteiger partial charge on any atom is 0.0782 e. The predicted molar refractivity (Wildman–Crippen MR) is 266 cm³/mol. The van der Waals surface area contributed by atoms with Crippen LogP contribution in [0.5, 0.6) is 0 Å². The van der Waals surface area contributed by atoms with Gasteiger partial charge in [0.2, 0.25) is 0 Å². The Kier molecular flexibility index (Phi) is 8.17. The lowest BCUT2D eigenvalue weighted by Gasteiger charge is -2.19. The molecular weight excluding hydrogens is 763 g/mol. The summed E-state index contributed by atoms with van der Waals surface area (Å²) in [7, 11) is 0. The molecule has 9 aromatic carbocycles. The van der Waals surface area contributed by atoms with Gasteiger partial charge in [0.25, 0.3) is 0 Å². The molecule has 0 fully saturated rings. The molecule has 1 aliphatic rings. The van der Waals surface area contributed by atoms with Gasteiger partial charge in [-0.25, -0.2) is 0 Å². The minimum Gasteiger partial charge on any atom is -0.309 e. The Morgan fingerprint density at radius 2 is 0.905 bits per heavy atom. The molecule has 63 heavy (non-hydrogen) atoms. The van der Waals surface area contributed by atoms with E-state index >= 15 is 0 Å². The first kappa shape index (κ1) is 35.8. The van der Waals surface area contributed by atoms with Crippen molar-refractivity contribution in [3.63, 3.8) is 0 Å². The van der Waals surface area contributed by atoms with Gasteiger partial charge in [0.05, 0.1) is 38.8 Å². The van der Waals surface area contributed by atoms with Crippen molar-refractivity contribution in [2.45, 2.75) is 25.2 Å². The highest BCUT2D eigenvalue weighted by atomic mass is 15.1. The van der Waals surface area contributed by atoms with E-state index < -0.39 is 0 Å². The van der Waals surface area contributed by atoms with Gasteiger partial charge in [0.1, 0.15) is 0 Å². The lowest BCUT2D eigenvalue weighted by atomic mass is 9.87. The predicted octanol–water partition coefficient (Wildman–Crippen LogP) is 16.1. The van der Waals surface area contributed by atoms with Gasteiger partial charge in [0, 0.05) is 49.6 Å². The van der Waals surface area contributed by atoms with E-state index in [9.17, 15) is 0 Å². The average Bonchev–Trinajstić information content (AvgIpc) is 4.00. The standard InChI is InChI=1S/C60H43N3/c1-3-17-40(18-4-1)42-21-15-22-43(35-42)45-36-44(41-19-5-2-6-20-41)37-47(38-45)62-56-30-13-10-26-51(56)53-27-16-32-58(60(53)62)63-57-31-14-9-25-50(57)52-34-33-46(39-59(52)63)61-54-28-11-7-23-48(54)49-24-8-12-29-55(49)61/h2-3,5-17,19-40H,1,4,18H2. The topological polar surface area (TPSA) is 14.8 Å². The second kappa shape index (κ2) is 14.4. The van der Waals surface area contributed by atoms with Crippen molar-refractivity contribution in [2.24, 2.45) is 0 Å². The van der Waals surface area contributed by atoms with Gasteiger partial charge in [-0.3, -0.25) is 0 Å². The van der Waals surface area contributed by atoms with Crippen LogP contribution in [0.4, 0.5) is 0 Å². The number of aromatic nitrogens is 3. The zero-order chi connectivity index (χ0) is 41.4. The molecule has 1 atom stereocenters. The maximum atomic E-state index is 2.53. The number of fused-ring (bicyclic) bond motifs is 9. The van der Waals surface area contributed by atoms with Crippen LogP contribution in [0.1, 0.15) is 30.7 Å². The van der Waals surface area contributed by atoms with Crippen LogP contribution in [0.15, 0.2) is 218 Å². The number of benzene rings is 9. The molecule has 3 heteroatoms. The van der Waals surface area contributed by atoms with Gasteiger partial charge in [-0.1, -0.05) is 158 Å². The zero-order valence-corrected chi connectivity index (χ0v) is 34.8. The van der Waals surface area contributed by atoms with E-state index in [4.69, 9.17) is 0 Å². The largest absolute Gasteiger partial charge is 0.309 e. The summed E-state index contributed by atoms with van der Waals surface area (Å²) in [6, 6.07) is 76.6. The molecule has 1 unspecified atom stereocenters. The van der Waals surface area contributed by atoms with Gasteiger partial charge in [-0.05, 0) is 108 Å². The molecule has 0 spiro atoms. The van der Waals surface area contributed by atoms with E-state index in [0.29, 0.717) is 5.92 Å². The highest BCUT2D eigenvalue weighted by molar-refractivity contribution is 6.16. The molecule has 0 radical (unpaired) electrons. The first-order valence-electron chi connectivity index (χ1n) is 22.3. The van der Waals surface area contributed by atoms with E-state index in [2.05, 4.69) is 232 Å². The first-order valence-corrected chi connectivity index (χ1v) is 22.3. The third-order valence-electron chi connectivity index (χ3n) is 13.6. The fourth-order valence-corrected chi connectivity index (χ4v) is 10.8. The molecule has 298 valence electrons. The summed E-state index contributed by atoms with van der Waals surface area (Å²) in [5.74, 6) is 0.456. The highest BCUT2D eigenvalue weighted by Gasteiger charge is 2.22. The van der Waals surface area contributed by atoms with E-state index in [1.54, 1.807) is 0 Å². The smallest absolute Gasteiger partial charge is 0.0782 e.